The van der Waals surface area contributed by atoms with Crippen LogP contribution in [0.4, 0.5) is 10.2 Å². The average molecular weight is 282 g/mol. The first-order valence-corrected chi connectivity index (χ1v) is 6.50. The van der Waals surface area contributed by atoms with Crippen LogP contribution in [0.1, 0.15) is 5.76 Å². The van der Waals surface area contributed by atoms with Crippen molar-refractivity contribution in [2.24, 2.45) is 0 Å². The Hall–Kier alpha value is -2.89. The van der Waals surface area contributed by atoms with Gasteiger partial charge in [0, 0.05) is 18.5 Å². The van der Waals surface area contributed by atoms with Gasteiger partial charge in [-0.1, -0.05) is 0 Å². The number of rotatable bonds is 3. The Kier molecular flexibility index (Phi) is 2.60. The minimum atomic E-state index is -0.313. The van der Waals surface area contributed by atoms with Gasteiger partial charge in [0.1, 0.15) is 11.6 Å². The number of benzene rings is 1. The van der Waals surface area contributed by atoms with Gasteiger partial charge in [-0.05, 0) is 24.3 Å². The van der Waals surface area contributed by atoms with Crippen LogP contribution in [0.3, 0.4) is 0 Å². The van der Waals surface area contributed by atoms with Crippen LogP contribution in [0.5, 0.6) is 0 Å². The summed E-state index contributed by atoms with van der Waals surface area (Å²) in [7, 11) is 0. The third-order valence-corrected chi connectivity index (χ3v) is 3.29. The molecule has 1 N–H and O–H groups in total. The maximum absolute atomic E-state index is 13.4. The quantitative estimate of drug-likeness (QED) is 0.627. The van der Waals surface area contributed by atoms with E-state index in [0.29, 0.717) is 23.5 Å². The second kappa shape index (κ2) is 4.59. The summed E-state index contributed by atoms with van der Waals surface area (Å²) < 4.78 is 20.6. The molecule has 0 saturated carbocycles. The van der Waals surface area contributed by atoms with Crippen LogP contribution >= 0.6 is 0 Å². The number of hydrogen-bond donors (Lipinski definition) is 1. The minimum Gasteiger partial charge on any atom is -0.467 e. The highest BCUT2D eigenvalue weighted by Crippen LogP contribution is 2.21. The van der Waals surface area contributed by atoms with E-state index < -0.39 is 0 Å². The van der Waals surface area contributed by atoms with Crippen molar-refractivity contribution >= 4 is 22.5 Å². The number of imidazole rings is 1. The molecule has 4 aromatic rings. The van der Waals surface area contributed by atoms with Crippen LogP contribution < -0.4 is 5.32 Å². The fourth-order valence-electron chi connectivity index (χ4n) is 2.34. The Morgan fingerprint density at radius 3 is 3.10 bits per heavy atom. The number of hydrogen-bond acceptors (Lipinski definition) is 4. The molecule has 0 atom stereocenters. The van der Waals surface area contributed by atoms with Crippen LogP contribution in [-0.4, -0.2) is 14.4 Å². The lowest BCUT2D eigenvalue weighted by molar-refractivity contribution is 0.518. The molecule has 0 radical (unpaired) electrons. The third kappa shape index (κ3) is 2.01. The zero-order chi connectivity index (χ0) is 14.2. The molecule has 0 unspecified atom stereocenters. The Balaban J connectivity index is 1.83. The molecular formula is C15H11FN4O. The molecule has 0 amide bonds. The topological polar surface area (TPSA) is 55.4 Å². The van der Waals surface area contributed by atoms with Gasteiger partial charge in [0.15, 0.2) is 11.5 Å². The highest BCUT2D eigenvalue weighted by atomic mass is 19.1. The molecule has 0 fully saturated rings. The lowest BCUT2D eigenvalue weighted by atomic mass is 10.3. The second-order valence-electron chi connectivity index (χ2n) is 4.65. The third-order valence-electron chi connectivity index (χ3n) is 3.29. The molecule has 0 spiro atoms. The Labute approximate surface area is 119 Å². The summed E-state index contributed by atoms with van der Waals surface area (Å²) in [4.78, 5) is 8.76. The van der Waals surface area contributed by atoms with E-state index in [4.69, 9.17) is 4.42 Å². The van der Waals surface area contributed by atoms with E-state index in [0.717, 1.165) is 11.3 Å². The molecular weight excluding hydrogens is 271 g/mol. The zero-order valence-electron chi connectivity index (χ0n) is 11.0. The molecule has 0 aliphatic rings. The number of furan rings is 1. The van der Waals surface area contributed by atoms with Gasteiger partial charge >= 0.3 is 0 Å². The number of nitrogens with zero attached hydrogens (tertiary/aromatic N) is 3. The van der Waals surface area contributed by atoms with Gasteiger partial charge in [-0.15, -0.1) is 0 Å². The molecule has 3 aromatic heterocycles. The van der Waals surface area contributed by atoms with Crippen LogP contribution in [0.2, 0.25) is 0 Å². The van der Waals surface area contributed by atoms with E-state index in [1.165, 1.54) is 12.1 Å². The van der Waals surface area contributed by atoms with Crippen molar-refractivity contribution in [3.05, 3.63) is 60.6 Å². The predicted octanol–water partition coefficient (Wildman–Crippen LogP) is 3.23. The average Bonchev–Trinajstić information content (AvgIpc) is 3.15. The maximum atomic E-state index is 13.4. The molecule has 3 heterocycles. The largest absolute Gasteiger partial charge is 0.467 e. The molecule has 21 heavy (non-hydrogen) atoms. The molecule has 104 valence electrons. The van der Waals surface area contributed by atoms with E-state index >= 15 is 0 Å². The number of nitrogens with one attached hydrogen (secondary N) is 1. The smallest absolute Gasteiger partial charge is 0.180 e. The standard InChI is InChI=1S/C15H11FN4O/c16-10-3-4-13-12(8-10)19-14(15-17-5-6-20(13)15)18-9-11-2-1-7-21-11/h1-8H,9H2,(H,18,19). The molecule has 0 saturated heterocycles. The Morgan fingerprint density at radius 1 is 1.29 bits per heavy atom. The van der Waals surface area contributed by atoms with Crippen molar-refractivity contribution in [3.63, 3.8) is 0 Å². The van der Waals surface area contributed by atoms with Crippen molar-refractivity contribution in [2.75, 3.05) is 5.32 Å². The normalized spacial score (nSPS) is 11.3. The summed E-state index contributed by atoms with van der Waals surface area (Å²) >= 11 is 0. The van der Waals surface area contributed by atoms with Crippen molar-refractivity contribution in [1.82, 2.24) is 14.4 Å². The number of halogens is 1. The van der Waals surface area contributed by atoms with Gasteiger partial charge in [-0.2, -0.15) is 0 Å². The van der Waals surface area contributed by atoms with Gasteiger partial charge in [0.25, 0.3) is 0 Å². The Morgan fingerprint density at radius 2 is 2.24 bits per heavy atom. The maximum Gasteiger partial charge on any atom is 0.180 e. The van der Waals surface area contributed by atoms with Crippen molar-refractivity contribution in [2.45, 2.75) is 6.54 Å². The summed E-state index contributed by atoms with van der Waals surface area (Å²) in [5.74, 6) is 1.07. The molecule has 0 aliphatic carbocycles. The fourth-order valence-corrected chi connectivity index (χ4v) is 2.34. The number of fused-ring (bicyclic) bond motifs is 3. The lowest BCUT2D eigenvalue weighted by Gasteiger charge is -2.08. The van der Waals surface area contributed by atoms with Crippen molar-refractivity contribution in [1.29, 1.82) is 0 Å². The van der Waals surface area contributed by atoms with E-state index in [1.54, 1.807) is 18.5 Å². The fraction of sp³-hybridized carbons (Fsp3) is 0.0667. The number of anilines is 1. The van der Waals surface area contributed by atoms with E-state index in [-0.39, 0.29) is 5.82 Å². The van der Waals surface area contributed by atoms with Gasteiger partial charge < -0.3 is 9.73 Å². The molecule has 0 aliphatic heterocycles. The van der Waals surface area contributed by atoms with Gasteiger partial charge in [0.2, 0.25) is 0 Å². The summed E-state index contributed by atoms with van der Waals surface area (Å²) in [5, 5.41) is 3.18. The van der Waals surface area contributed by atoms with Crippen LogP contribution in [0.15, 0.2) is 53.4 Å². The summed E-state index contributed by atoms with van der Waals surface area (Å²) in [6, 6.07) is 8.22. The monoisotopic (exact) mass is 282 g/mol. The molecule has 0 bridgehead atoms. The van der Waals surface area contributed by atoms with Gasteiger partial charge in [-0.25, -0.2) is 14.4 Å². The molecule has 5 nitrogen and oxygen atoms in total. The summed E-state index contributed by atoms with van der Waals surface area (Å²) in [6.45, 7) is 0.489. The van der Waals surface area contributed by atoms with Crippen LogP contribution in [-0.2, 0) is 6.54 Å². The SMILES string of the molecule is Fc1ccc2c(c1)nc(NCc1ccco1)c1nccn12. The van der Waals surface area contributed by atoms with Crippen LogP contribution in [0.25, 0.3) is 16.7 Å². The minimum absolute atomic E-state index is 0.313. The molecule has 4 rings (SSSR count). The van der Waals surface area contributed by atoms with E-state index in [2.05, 4.69) is 15.3 Å². The van der Waals surface area contributed by atoms with E-state index in [9.17, 15) is 4.39 Å². The predicted molar refractivity (Wildman–Crippen MR) is 76.5 cm³/mol. The first-order chi connectivity index (χ1) is 10.3. The van der Waals surface area contributed by atoms with Crippen molar-refractivity contribution in [3.8, 4) is 0 Å². The Bertz CT molecular complexity index is 914. The molecule has 6 heteroatoms. The van der Waals surface area contributed by atoms with E-state index in [1.807, 2.05) is 22.7 Å². The molecule has 1 aromatic carbocycles. The van der Waals surface area contributed by atoms with Crippen molar-refractivity contribution < 1.29 is 8.81 Å². The van der Waals surface area contributed by atoms with Crippen LogP contribution in [0, 0.1) is 5.82 Å². The second-order valence-corrected chi connectivity index (χ2v) is 4.65. The first kappa shape index (κ1) is 11.9. The zero-order valence-corrected chi connectivity index (χ0v) is 11.0. The lowest BCUT2D eigenvalue weighted by Crippen LogP contribution is -2.04. The number of aromatic nitrogens is 3. The van der Waals surface area contributed by atoms with Gasteiger partial charge in [-0.3, -0.25) is 4.40 Å². The van der Waals surface area contributed by atoms with Gasteiger partial charge in [0.05, 0.1) is 23.8 Å². The summed E-state index contributed by atoms with van der Waals surface area (Å²) in [6.07, 6.45) is 5.14. The first-order valence-electron chi connectivity index (χ1n) is 6.50. The highest BCUT2D eigenvalue weighted by molar-refractivity contribution is 5.82. The highest BCUT2D eigenvalue weighted by Gasteiger charge is 2.10. The summed E-state index contributed by atoms with van der Waals surface area (Å²) in [5.41, 5.74) is 2.08.